The highest BCUT2D eigenvalue weighted by molar-refractivity contribution is 6.30. The van der Waals surface area contributed by atoms with Crippen molar-refractivity contribution in [3.8, 4) is 0 Å². The zero-order valence-electron chi connectivity index (χ0n) is 20.9. The third-order valence-electron chi connectivity index (χ3n) is 6.96. The molecule has 0 aromatic heterocycles. The molecule has 1 atom stereocenters. The third-order valence-corrected chi connectivity index (χ3v) is 7.19. The van der Waals surface area contributed by atoms with Gasteiger partial charge in [-0.25, -0.2) is 0 Å². The van der Waals surface area contributed by atoms with E-state index in [2.05, 4.69) is 10.2 Å². The molecule has 3 aromatic carbocycles. The molecule has 37 heavy (non-hydrogen) atoms. The summed E-state index contributed by atoms with van der Waals surface area (Å²) in [7, 11) is 1.66. The van der Waals surface area contributed by atoms with Crippen LogP contribution in [0.1, 0.15) is 38.9 Å². The van der Waals surface area contributed by atoms with E-state index in [9.17, 15) is 9.59 Å². The Kier molecular flexibility index (Phi) is 7.63. The van der Waals surface area contributed by atoms with Gasteiger partial charge in [-0.15, -0.1) is 0 Å². The number of hydrogen-bond donors (Lipinski definition) is 1. The summed E-state index contributed by atoms with van der Waals surface area (Å²) < 4.78 is 5.19. The molecule has 0 spiro atoms. The number of hydrogen-bond acceptors (Lipinski definition) is 5. The van der Waals surface area contributed by atoms with Crippen molar-refractivity contribution in [2.24, 2.45) is 0 Å². The summed E-state index contributed by atoms with van der Waals surface area (Å²) in [5.41, 5.74) is 4.16. The average molecular weight is 519 g/mol. The van der Waals surface area contributed by atoms with Gasteiger partial charge in [0, 0.05) is 79.5 Å². The lowest BCUT2D eigenvalue weighted by molar-refractivity contribution is 0.0718. The summed E-state index contributed by atoms with van der Waals surface area (Å²) in [5, 5.41) is 4.22. The van der Waals surface area contributed by atoms with Crippen LogP contribution >= 0.6 is 11.6 Å². The second-order valence-electron chi connectivity index (χ2n) is 9.32. The topological polar surface area (TPSA) is 65.1 Å². The van der Waals surface area contributed by atoms with Crippen molar-refractivity contribution in [2.45, 2.75) is 12.6 Å². The van der Waals surface area contributed by atoms with Crippen molar-refractivity contribution in [3.63, 3.8) is 0 Å². The van der Waals surface area contributed by atoms with E-state index in [4.69, 9.17) is 16.3 Å². The van der Waals surface area contributed by atoms with Crippen molar-refractivity contribution in [1.82, 2.24) is 9.80 Å². The molecule has 2 aliphatic rings. The molecular formula is C29H31ClN4O3. The molecule has 192 valence electrons. The highest BCUT2D eigenvalue weighted by Gasteiger charge is 2.36. The molecule has 1 N–H and O–H groups in total. The van der Waals surface area contributed by atoms with Crippen LogP contribution in [0.25, 0.3) is 0 Å². The SMILES string of the molecule is COCCCN1C(=O)c2ccccc2C1Nc1cccc(C(=O)N2CCN(c3cccc(Cl)c3)CC2)c1. The third kappa shape index (κ3) is 5.43. The first-order valence-corrected chi connectivity index (χ1v) is 13.0. The molecule has 0 bridgehead atoms. The van der Waals surface area contributed by atoms with E-state index >= 15 is 0 Å². The number of halogens is 1. The maximum absolute atomic E-state index is 13.4. The van der Waals surface area contributed by atoms with Gasteiger partial charge in [-0.3, -0.25) is 9.59 Å². The van der Waals surface area contributed by atoms with Crippen LogP contribution < -0.4 is 10.2 Å². The molecule has 1 fully saturated rings. The lowest BCUT2D eigenvalue weighted by Crippen LogP contribution is -2.48. The maximum Gasteiger partial charge on any atom is 0.256 e. The number of carbonyl (C=O) groups is 2. The molecule has 1 unspecified atom stereocenters. The second-order valence-corrected chi connectivity index (χ2v) is 9.76. The van der Waals surface area contributed by atoms with Gasteiger partial charge in [-0.2, -0.15) is 0 Å². The Labute approximate surface area is 222 Å². The molecule has 2 aliphatic heterocycles. The van der Waals surface area contributed by atoms with E-state index in [0.29, 0.717) is 42.4 Å². The number of piperazine rings is 1. The Bertz CT molecular complexity index is 1280. The number of anilines is 2. The summed E-state index contributed by atoms with van der Waals surface area (Å²) in [4.78, 5) is 32.4. The first-order valence-electron chi connectivity index (χ1n) is 12.6. The van der Waals surface area contributed by atoms with Gasteiger partial charge in [0.25, 0.3) is 11.8 Å². The van der Waals surface area contributed by atoms with Gasteiger partial charge >= 0.3 is 0 Å². The smallest absolute Gasteiger partial charge is 0.256 e. The highest BCUT2D eigenvalue weighted by Crippen LogP contribution is 2.34. The molecule has 0 saturated carbocycles. The number of benzene rings is 3. The fourth-order valence-electron chi connectivity index (χ4n) is 5.06. The minimum Gasteiger partial charge on any atom is -0.385 e. The lowest BCUT2D eigenvalue weighted by Gasteiger charge is -2.36. The van der Waals surface area contributed by atoms with E-state index in [1.165, 1.54) is 0 Å². The summed E-state index contributed by atoms with van der Waals surface area (Å²) in [5.74, 6) is 0.0169. The van der Waals surface area contributed by atoms with Gasteiger partial charge in [0.15, 0.2) is 0 Å². The molecule has 8 heteroatoms. The largest absolute Gasteiger partial charge is 0.385 e. The van der Waals surface area contributed by atoms with E-state index in [0.717, 1.165) is 36.4 Å². The Morgan fingerprint density at radius 2 is 1.78 bits per heavy atom. The maximum atomic E-state index is 13.4. The molecule has 3 aromatic rings. The predicted molar refractivity (Wildman–Crippen MR) is 146 cm³/mol. The van der Waals surface area contributed by atoms with Crippen molar-refractivity contribution >= 4 is 34.8 Å². The van der Waals surface area contributed by atoms with Crippen LogP contribution in [-0.4, -0.2) is 68.1 Å². The Morgan fingerprint density at radius 3 is 2.57 bits per heavy atom. The number of fused-ring (bicyclic) bond motifs is 1. The summed E-state index contributed by atoms with van der Waals surface area (Å²) >= 11 is 6.15. The number of methoxy groups -OCH3 is 1. The zero-order valence-corrected chi connectivity index (χ0v) is 21.7. The molecule has 2 amide bonds. The fraction of sp³-hybridized carbons (Fsp3) is 0.310. The van der Waals surface area contributed by atoms with Crippen LogP contribution in [0, 0.1) is 0 Å². The van der Waals surface area contributed by atoms with Crippen LogP contribution in [0.5, 0.6) is 0 Å². The molecule has 7 nitrogen and oxygen atoms in total. The van der Waals surface area contributed by atoms with Crippen LogP contribution in [0.2, 0.25) is 5.02 Å². The molecular weight excluding hydrogens is 488 g/mol. The van der Waals surface area contributed by atoms with E-state index in [-0.39, 0.29) is 18.0 Å². The van der Waals surface area contributed by atoms with Gasteiger partial charge in [0.1, 0.15) is 6.17 Å². The first kappa shape index (κ1) is 25.1. The molecule has 5 rings (SSSR count). The monoisotopic (exact) mass is 518 g/mol. The zero-order chi connectivity index (χ0) is 25.8. The number of nitrogens with one attached hydrogen (secondary N) is 1. The minimum absolute atomic E-state index is 0.00834. The standard InChI is InChI=1S/C29H31ClN4O3/c1-37-18-6-13-34-27(25-11-2-3-12-26(25)29(34)36)31-23-9-4-7-21(19-23)28(35)33-16-14-32(15-17-33)24-10-5-8-22(30)20-24/h2-5,7-12,19-20,27,31H,6,13-18H2,1H3. The van der Waals surface area contributed by atoms with Gasteiger partial charge in [0.05, 0.1) is 0 Å². The van der Waals surface area contributed by atoms with Crippen molar-refractivity contribution < 1.29 is 14.3 Å². The van der Waals surface area contributed by atoms with Gasteiger partial charge < -0.3 is 24.8 Å². The minimum atomic E-state index is -0.299. The average Bonchev–Trinajstić information content (AvgIpc) is 3.19. The summed E-state index contributed by atoms with van der Waals surface area (Å²) in [6.45, 7) is 3.94. The highest BCUT2D eigenvalue weighted by atomic mass is 35.5. The summed E-state index contributed by atoms with van der Waals surface area (Å²) in [6.07, 6.45) is 0.445. The second kappa shape index (κ2) is 11.2. The Morgan fingerprint density at radius 1 is 1.00 bits per heavy atom. The van der Waals surface area contributed by atoms with E-state index < -0.39 is 0 Å². The fourth-order valence-corrected chi connectivity index (χ4v) is 5.24. The van der Waals surface area contributed by atoms with Crippen LogP contribution in [0.4, 0.5) is 11.4 Å². The normalized spacial score (nSPS) is 17.2. The Hall–Kier alpha value is -3.55. The lowest BCUT2D eigenvalue weighted by atomic mass is 10.1. The number of amides is 2. The van der Waals surface area contributed by atoms with Crippen LogP contribution in [0.15, 0.2) is 72.8 Å². The number of nitrogens with zero attached hydrogens (tertiary/aromatic N) is 3. The van der Waals surface area contributed by atoms with Crippen molar-refractivity contribution in [1.29, 1.82) is 0 Å². The number of rotatable bonds is 8. The molecule has 0 radical (unpaired) electrons. The summed E-state index contributed by atoms with van der Waals surface area (Å²) in [6, 6.07) is 23.0. The molecule has 0 aliphatic carbocycles. The van der Waals surface area contributed by atoms with Gasteiger partial charge in [-0.05, 0) is 48.9 Å². The number of carbonyl (C=O) groups excluding carboxylic acids is 2. The Balaban J connectivity index is 1.28. The van der Waals surface area contributed by atoms with Crippen LogP contribution in [0.3, 0.4) is 0 Å². The van der Waals surface area contributed by atoms with Crippen molar-refractivity contribution in [3.05, 3.63) is 94.5 Å². The molecule has 2 heterocycles. The van der Waals surface area contributed by atoms with Crippen LogP contribution in [-0.2, 0) is 4.74 Å². The molecule has 1 saturated heterocycles. The quantitative estimate of drug-likeness (QED) is 0.429. The van der Waals surface area contributed by atoms with E-state index in [1.54, 1.807) is 7.11 Å². The van der Waals surface area contributed by atoms with Gasteiger partial charge in [0.2, 0.25) is 0 Å². The van der Waals surface area contributed by atoms with Crippen molar-refractivity contribution in [2.75, 3.05) is 56.7 Å². The predicted octanol–water partition coefficient (Wildman–Crippen LogP) is 4.91. The first-order chi connectivity index (χ1) is 18.0. The van der Waals surface area contributed by atoms with Gasteiger partial charge in [-0.1, -0.05) is 41.9 Å². The number of ether oxygens (including phenoxy) is 1. The van der Waals surface area contributed by atoms with E-state index in [1.807, 2.05) is 82.6 Å².